The summed E-state index contributed by atoms with van der Waals surface area (Å²) in [6.45, 7) is 5.68. The van der Waals surface area contributed by atoms with Gasteiger partial charge in [-0.3, -0.25) is 4.79 Å². The Morgan fingerprint density at radius 3 is 3.04 bits per heavy atom. The van der Waals surface area contributed by atoms with Crippen molar-refractivity contribution in [1.82, 2.24) is 25.2 Å². The number of carbonyl (C=O) groups is 1. The highest BCUT2D eigenvalue weighted by atomic mass is 16.2. The molecule has 0 radical (unpaired) electrons. The van der Waals surface area contributed by atoms with Gasteiger partial charge >= 0.3 is 0 Å². The van der Waals surface area contributed by atoms with Gasteiger partial charge in [0.25, 0.3) is 0 Å². The molecule has 0 saturated carbocycles. The van der Waals surface area contributed by atoms with Crippen LogP contribution in [-0.4, -0.2) is 65.0 Å². The Kier molecular flexibility index (Phi) is 4.33. The third kappa shape index (κ3) is 2.97. The van der Waals surface area contributed by atoms with Gasteiger partial charge in [0.05, 0.1) is 17.3 Å². The fourth-order valence-corrected chi connectivity index (χ4v) is 4.17. The van der Waals surface area contributed by atoms with E-state index in [2.05, 4.69) is 44.0 Å². The van der Waals surface area contributed by atoms with Crippen molar-refractivity contribution in [1.29, 1.82) is 0 Å². The average Bonchev–Trinajstić information content (AvgIpc) is 3.32. The predicted octanol–water partition coefficient (Wildman–Crippen LogP) is 1.24. The number of likely N-dealkylation sites (tertiary alicyclic amines) is 1. The lowest BCUT2D eigenvalue weighted by Gasteiger charge is -2.42. The van der Waals surface area contributed by atoms with Gasteiger partial charge in [-0.2, -0.15) is 0 Å². The van der Waals surface area contributed by atoms with Gasteiger partial charge in [-0.1, -0.05) is 6.92 Å². The van der Waals surface area contributed by atoms with E-state index in [9.17, 15) is 4.79 Å². The topological polar surface area (TPSA) is 77.2 Å². The zero-order chi connectivity index (χ0) is 17.4. The summed E-state index contributed by atoms with van der Waals surface area (Å²) in [5.41, 5.74) is 0.852. The molecule has 1 amide bonds. The molecule has 2 fully saturated rings. The minimum atomic E-state index is 0.148. The highest BCUT2D eigenvalue weighted by Gasteiger charge is 2.35. The molecule has 25 heavy (non-hydrogen) atoms. The Hall–Kier alpha value is -2.15. The second-order valence-electron chi connectivity index (χ2n) is 7.36. The number of hydrogen-bond donors (Lipinski definition) is 2. The van der Waals surface area contributed by atoms with Crippen LogP contribution in [0.4, 0.5) is 5.82 Å². The highest BCUT2D eigenvalue weighted by Crippen LogP contribution is 2.29. The van der Waals surface area contributed by atoms with Crippen molar-refractivity contribution >= 4 is 22.8 Å². The van der Waals surface area contributed by atoms with E-state index in [4.69, 9.17) is 0 Å². The third-order valence-electron chi connectivity index (χ3n) is 5.80. The van der Waals surface area contributed by atoms with Gasteiger partial charge in [0.2, 0.25) is 5.91 Å². The molecule has 0 spiro atoms. The Bertz CT molecular complexity index is 753. The average molecular weight is 342 g/mol. The van der Waals surface area contributed by atoms with Crippen LogP contribution in [0.15, 0.2) is 18.6 Å². The van der Waals surface area contributed by atoms with Crippen LogP contribution in [-0.2, 0) is 4.79 Å². The number of nitrogens with one attached hydrogen (secondary N) is 2. The van der Waals surface area contributed by atoms with Gasteiger partial charge < -0.3 is 20.1 Å². The van der Waals surface area contributed by atoms with Crippen LogP contribution in [0.25, 0.3) is 11.0 Å². The molecular weight excluding hydrogens is 316 g/mol. The summed E-state index contributed by atoms with van der Waals surface area (Å²) in [5, 5.41) is 4.33. The summed E-state index contributed by atoms with van der Waals surface area (Å²) in [6, 6.07) is 2.28. The van der Waals surface area contributed by atoms with E-state index in [0.717, 1.165) is 55.9 Å². The number of fused-ring (bicyclic) bond motifs is 1. The molecule has 134 valence electrons. The van der Waals surface area contributed by atoms with Gasteiger partial charge in [-0.15, -0.1) is 0 Å². The maximum Gasteiger partial charge on any atom is 0.227 e. The number of hydrogen-bond acceptors (Lipinski definition) is 5. The lowest BCUT2D eigenvalue weighted by atomic mass is 9.91. The van der Waals surface area contributed by atoms with E-state index in [0.29, 0.717) is 11.8 Å². The monoisotopic (exact) mass is 342 g/mol. The lowest BCUT2D eigenvalue weighted by molar-refractivity contribution is -0.136. The molecule has 2 aromatic heterocycles. The zero-order valence-electron chi connectivity index (χ0n) is 14.9. The van der Waals surface area contributed by atoms with E-state index in [1.54, 1.807) is 6.33 Å². The summed E-state index contributed by atoms with van der Waals surface area (Å²) >= 11 is 0. The summed E-state index contributed by atoms with van der Waals surface area (Å²) in [4.78, 5) is 29.1. The van der Waals surface area contributed by atoms with Crippen molar-refractivity contribution < 1.29 is 4.79 Å². The molecule has 2 saturated heterocycles. The Balaban J connectivity index is 1.55. The lowest BCUT2D eigenvalue weighted by Crippen LogP contribution is -2.54. The number of rotatable bonds is 3. The molecule has 3 unspecified atom stereocenters. The van der Waals surface area contributed by atoms with Crippen LogP contribution < -0.4 is 10.2 Å². The van der Waals surface area contributed by atoms with E-state index < -0.39 is 0 Å². The van der Waals surface area contributed by atoms with E-state index >= 15 is 0 Å². The second-order valence-corrected chi connectivity index (χ2v) is 7.36. The molecule has 2 aliphatic rings. The van der Waals surface area contributed by atoms with Crippen LogP contribution in [0, 0.1) is 11.8 Å². The number of anilines is 1. The largest absolute Gasteiger partial charge is 0.354 e. The van der Waals surface area contributed by atoms with Crippen molar-refractivity contribution in [3.63, 3.8) is 0 Å². The minimum absolute atomic E-state index is 0.148. The van der Waals surface area contributed by atoms with Crippen molar-refractivity contribution in [3.8, 4) is 0 Å². The molecule has 2 aliphatic heterocycles. The minimum Gasteiger partial charge on any atom is -0.354 e. The second kappa shape index (κ2) is 6.63. The number of aromatic nitrogens is 3. The molecule has 4 heterocycles. The molecule has 7 nitrogen and oxygen atoms in total. The van der Waals surface area contributed by atoms with E-state index in [-0.39, 0.29) is 12.0 Å². The van der Waals surface area contributed by atoms with Crippen molar-refractivity contribution in [2.24, 2.45) is 11.8 Å². The molecule has 0 aromatic carbocycles. The smallest absolute Gasteiger partial charge is 0.227 e. The summed E-state index contributed by atoms with van der Waals surface area (Å²) < 4.78 is 0. The molecule has 7 heteroatoms. The van der Waals surface area contributed by atoms with Gasteiger partial charge in [0.15, 0.2) is 0 Å². The normalized spacial score (nSPS) is 27.0. The van der Waals surface area contributed by atoms with Crippen LogP contribution in [0.5, 0.6) is 0 Å². The van der Waals surface area contributed by atoms with Crippen molar-refractivity contribution in [2.75, 3.05) is 38.1 Å². The fraction of sp³-hybridized carbons (Fsp3) is 0.611. The standard InChI is InChI=1S/C18H26N6O/c1-12-5-8-24(18(25)13-3-6-19-9-13)10-15(12)23(2)17-14-4-7-20-16(14)21-11-22-17/h4,7,11-13,15,19H,3,5-6,8-10H2,1-2H3,(H,20,21,22). The maximum atomic E-state index is 12.8. The maximum absolute atomic E-state index is 12.8. The fourth-order valence-electron chi connectivity index (χ4n) is 4.17. The number of amides is 1. The quantitative estimate of drug-likeness (QED) is 0.878. The SMILES string of the molecule is CC1CCN(C(=O)C2CCNC2)CC1N(C)c1ncnc2[nH]ccc12. The summed E-state index contributed by atoms with van der Waals surface area (Å²) in [6.07, 6.45) is 5.48. The first-order chi connectivity index (χ1) is 12.1. The number of H-pyrrole nitrogens is 1. The zero-order valence-corrected chi connectivity index (χ0v) is 14.9. The van der Waals surface area contributed by atoms with E-state index in [1.165, 1.54) is 0 Å². The Morgan fingerprint density at radius 1 is 1.36 bits per heavy atom. The highest BCUT2D eigenvalue weighted by molar-refractivity contribution is 5.87. The number of aromatic amines is 1. The Labute approximate surface area is 147 Å². The van der Waals surface area contributed by atoms with E-state index in [1.807, 2.05) is 12.3 Å². The van der Waals surface area contributed by atoms with Crippen LogP contribution in [0.1, 0.15) is 19.8 Å². The summed E-state index contributed by atoms with van der Waals surface area (Å²) in [7, 11) is 2.08. The Morgan fingerprint density at radius 2 is 2.24 bits per heavy atom. The van der Waals surface area contributed by atoms with Crippen LogP contribution in [0.2, 0.25) is 0 Å². The summed E-state index contributed by atoms with van der Waals surface area (Å²) in [5.74, 6) is 1.90. The number of likely N-dealkylation sites (N-methyl/N-ethyl adjacent to an activating group) is 1. The first kappa shape index (κ1) is 16.3. The molecule has 2 aromatic rings. The predicted molar refractivity (Wildman–Crippen MR) is 97.4 cm³/mol. The number of piperidine rings is 1. The molecule has 0 bridgehead atoms. The first-order valence-electron chi connectivity index (χ1n) is 9.15. The van der Waals surface area contributed by atoms with Crippen LogP contribution in [0.3, 0.4) is 0 Å². The molecule has 0 aliphatic carbocycles. The molecular formula is C18H26N6O. The van der Waals surface area contributed by atoms with Crippen molar-refractivity contribution in [2.45, 2.75) is 25.8 Å². The van der Waals surface area contributed by atoms with Gasteiger partial charge in [-0.25, -0.2) is 9.97 Å². The van der Waals surface area contributed by atoms with Gasteiger partial charge in [-0.05, 0) is 31.4 Å². The molecule has 4 rings (SSSR count). The number of nitrogens with zero attached hydrogens (tertiary/aromatic N) is 4. The van der Waals surface area contributed by atoms with Crippen LogP contribution >= 0.6 is 0 Å². The number of carbonyl (C=O) groups excluding carboxylic acids is 1. The van der Waals surface area contributed by atoms with Crippen molar-refractivity contribution in [3.05, 3.63) is 18.6 Å². The van der Waals surface area contributed by atoms with Gasteiger partial charge in [0, 0.05) is 32.9 Å². The molecule has 3 atom stereocenters. The first-order valence-corrected chi connectivity index (χ1v) is 9.15. The van der Waals surface area contributed by atoms with Gasteiger partial charge in [0.1, 0.15) is 17.8 Å². The third-order valence-corrected chi connectivity index (χ3v) is 5.80. The molecule has 2 N–H and O–H groups in total.